The van der Waals surface area contributed by atoms with E-state index in [1.807, 2.05) is 0 Å². The van der Waals surface area contributed by atoms with Crippen molar-refractivity contribution >= 4 is 11.9 Å². The number of methoxy groups -OCH3 is 2. The Morgan fingerprint density at radius 1 is 1.06 bits per heavy atom. The Balaban J connectivity index is 3.20. The molecule has 0 amide bonds. The van der Waals surface area contributed by atoms with E-state index in [9.17, 15) is 9.59 Å². The zero-order valence-electron chi connectivity index (χ0n) is 8.89. The SMILES string of the molecule is COC(=O)c1cc([CH]O)cc(C(=O)OC)c1. The second kappa shape index (κ2) is 5.27. The molecule has 1 aromatic rings. The lowest BCUT2D eigenvalue weighted by Gasteiger charge is -2.05. The molecule has 0 aliphatic rings. The molecule has 16 heavy (non-hydrogen) atoms. The molecule has 0 unspecified atom stereocenters. The van der Waals surface area contributed by atoms with E-state index in [4.69, 9.17) is 5.11 Å². The van der Waals surface area contributed by atoms with Gasteiger partial charge in [-0.2, -0.15) is 0 Å². The smallest absolute Gasteiger partial charge is 0.337 e. The molecule has 5 nitrogen and oxygen atoms in total. The van der Waals surface area contributed by atoms with Gasteiger partial charge in [0.05, 0.1) is 25.3 Å². The molecule has 0 saturated carbocycles. The van der Waals surface area contributed by atoms with Crippen molar-refractivity contribution < 1.29 is 24.2 Å². The Morgan fingerprint density at radius 3 is 1.81 bits per heavy atom. The summed E-state index contributed by atoms with van der Waals surface area (Å²) in [6.45, 7) is 0.791. The highest BCUT2D eigenvalue weighted by Gasteiger charge is 2.13. The van der Waals surface area contributed by atoms with Crippen molar-refractivity contribution in [2.45, 2.75) is 0 Å². The van der Waals surface area contributed by atoms with Crippen molar-refractivity contribution in [1.82, 2.24) is 0 Å². The first-order valence-corrected chi connectivity index (χ1v) is 4.41. The summed E-state index contributed by atoms with van der Waals surface area (Å²) >= 11 is 0. The van der Waals surface area contributed by atoms with Gasteiger partial charge in [0.25, 0.3) is 0 Å². The summed E-state index contributed by atoms with van der Waals surface area (Å²) in [6.07, 6.45) is 0. The highest BCUT2D eigenvalue weighted by molar-refractivity contribution is 5.95. The number of rotatable bonds is 3. The minimum atomic E-state index is -0.589. The molecule has 0 aliphatic heterocycles. The lowest BCUT2D eigenvalue weighted by molar-refractivity contribution is 0.0599. The number of benzene rings is 1. The molecule has 1 N–H and O–H groups in total. The summed E-state index contributed by atoms with van der Waals surface area (Å²) in [6, 6.07) is 4.14. The molecule has 0 heterocycles. The lowest BCUT2D eigenvalue weighted by atomic mass is 10.1. The van der Waals surface area contributed by atoms with E-state index in [-0.39, 0.29) is 11.1 Å². The van der Waals surface area contributed by atoms with E-state index in [2.05, 4.69) is 9.47 Å². The van der Waals surface area contributed by atoms with Crippen LogP contribution in [0.1, 0.15) is 26.3 Å². The third kappa shape index (κ3) is 2.58. The zero-order chi connectivity index (χ0) is 12.1. The number of esters is 2. The highest BCUT2D eigenvalue weighted by Crippen LogP contribution is 2.13. The topological polar surface area (TPSA) is 72.8 Å². The number of hydrogen-bond acceptors (Lipinski definition) is 5. The van der Waals surface area contributed by atoms with Crippen molar-refractivity contribution in [3.8, 4) is 0 Å². The second-order valence-corrected chi connectivity index (χ2v) is 2.96. The van der Waals surface area contributed by atoms with Crippen LogP contribution in [0.5, 0.6) is 0 Å². The lowest BCUT2D eigenvalue weighted by Crippen LogP contribution is -2.07. The van der Waals surface area contributed by atoms with Gasteiger partial charge >= 0.3 is 11.9 Å². The van der Waals surface area contributed by atoms with Crippen LogP contribution >= 0.6 is 0 Å². The largest absolute Gasteiger partial charge is 0.465 e. The summed E-state index contributed by atoms with van der Waals surface area (Å²) in [7, 11) is 2.46. The molecule has 0 aromatic heterocycles. The molecular weight excluding hydrogens is 212 g/mol. The average molecular weight is 223 g/mol. The van der Waals surface area contributed by atoms with Crippen LogP contribution in [0.15, 0.2) is 18.2 Å². The fourth-order valence-electron chi connectivity index (χ4n) is 1.20. The van der Waals surface area contributed by atoms with E-state index in [1.165, 1.54) is 32.4 Å². The Hall–Kier alpha value is -1.88. The van der Waals surface area contributed by atoms with Gasteiger partial charge in [0, 0.05) is 0 Å². The van der Waals surface area contributed by atoms with Crippen molar-refractivity contribution in [3.63, 3.8) is 0 Å². The van der Waals surface area contributed by atoms with Crippen LogP contribution in [0.2, 0.25) is 0 Å². The quantitative estimate of drug-likeness (QED) is 0.778. The summed E-state index contributed by atoms with van der Waals surface area (Å²) in [5.41, 5.74) is 0.666. The van der Waals surface area contributed by atoms with Crippen LogP contribution < -0.4 is 0 Å². The first-order chi connectivity index (χ1) is 7.62. The van der Waals surface area contributed by atoms with Crippen LogP contribution in [0.3, 0.4) is 0 Å². The number of ether oxygens (including phenoxy) is 2. The standard InChI is InChI=1S/C11H11O5/c1-15-10(13)8-3-7(6-12)4-9(5-8)11(14)16-2/h3-6,12H,1-2H3. The molecule has 0 atom stereocenters. The molecular formula is C11H11O5. The van der Waals surface area contributed by atoms with Gasteiger partial charge in [-0.1, -0.05) is 0 Å². The molecule has 5 heteroatoms. The monoisotopic (exact) mass is 223 g/mol. The third-order valence-electron chi connectivity index (χ3n) is 1.95. The van der Waals surface area contributed by atoms with Crippen LogP contribution in [-0.2, 0) is 9.47 Å². The molecule has 0 bridgehead atoms. The minimum absolute atomic E-state index is 0.172. The summed E-state index contributed by atoms with van der Waals surface area (Å²) in [5.74, 6) is -1.18. The zero-order valence-corrected chi connectivity index (χ0v) is 8.89. The van der Waals surface area contributed by atoms with E-state index in [0.717, 1.165) is 6.61 Å². The van der Waals surface area contributed by atoms with E-state index in [0.29, 0.717) is 5.56 Å². The number of carbonyl (C=O) groups excluding carboxylic acids is 2. The normalized spacial score (nSPS) is 9.69. The van der Waals surface area contributed by atoms with Gasteiger partial charge in [0.2, 0.25) is 0 Å². The van der Waals surface area contributed by atoms with E-state index < -0.39 is 11.9 Å². The van der Waals surface area contributed by atoms with Crippen LogP contribution in [0, 0.1) is 6.61 Å². The predicted octanol–water partition coefficient (Wildman–Crippen LogP) is 1.14. The number of carbonyl (C=O) groups is 2. The highest BCUT2D eigenvalue weighted by atomic mass is 16.5. The minimum Gasteiger partial charge on any atom is -0.465 e. The van der Waals surface area contributed by atoms with Crippen molar-refractivity contribution in [2.24, 2.45) is 0 Å². The van der Waals surface area contributed by atoms with Gasteiger partial charge < -0.3 is 14.6 Å². The molecule has 1 rings (SSSR count). The van der Waals surface area contributed by atoms with Crippen molar-refractivity contribution in [2.75, 3.05) is 14.2 Å². The molecule has 1 aromatic carbocycles. The number of aliphatic hydroxyl groups is 1. The molecule has 0 saturated heterocycles. The first-order valence-electron chi connectivity index (χ1n) is 4.41. The van der Waals surface area contributed by atoms with Gasteiger partial charge in [0.1, 0.15) is 6.61 Å². The Kier molecular flexibility index (Phi) is 4.02. The Labute approximate surface area is 92.6 Å². The first kappa shape index (κ1) is 12.2. The maximum atomic E-state index is 11.3. The Bertz CT molecular complexity index is 377. The summed E-state index contributed by atoms with van der Waals surface area (Å²) < 4.78 is 9.04. The Morgan fingerprint density at radius 2 is 1.50 bits per heavy atom. The average Bonchev–Trinajstić information content (AvgIpc) is 2.35. The van der Waals surface area contributed by atoms with Crippen molar-refractivity contribution in [3.05, 3.63) is 41.5 Å². The number of hydrogen-bond donors (Lipinski definition) is 1. The molecule has 0 aliphatic carbocycles. The maximum Gasteiger partial charge on any atom is 0.337 e. The number of aliphatic hydroxyl groups excluding tert-OH is 1. The van der Waals surface area contributed by atoms with Crippen molar-refractivity contribution in [1.29, 1.82) is 0 Å². The van der Waals surface area contributed by atoms with Crippen LogP contribution in [0.25, 0.3) is 0 Å². The third-order valence-corrected chi connectivity index (χ3v) is 1.95. The molecule has 1 radical (unpaired) electrons. The van der Waals surface area contributed by atoms with Crippen LogP contribution in [-0.4, -0.2) is 31.3 Å². The molecule has 0 fully saturated rings. The van der Waals surface area contributed by atoms with Gasteiger partial charge in [0.15, 0.2) is 0 Å². The van der Waals surface area contributed by atoms with E-state index >= 15 is 0 Å². The molecule has 85 valence electrons. The second-order valence-electron chi connectivity index (χ2n) is 2.96. The maximum absolute atomic E-state index is 11.3. The molecule has 0 spiro atoms. The van der Waals surface area contributed by atoms with Gasteiger partial charge in [-0.05, 0) is 23.8 Å². The predicted molar refractivity (Wildman–Crippen MR) is 54.5 cm³/mol. The van der Waals surface area contributed by atoms with Gasteiger partial charge in [-0.25, -0.2) is 9.59 Å². The van der Waals surface area contributed by atoms with Gasteiger partial charge in [-0.15, -0.1) is 0 Å². The summed E-state index contributed by atoms with van der Waals surface area (Å²) in [4.78, 5) is 22.5. The fourth-order valence-corrected chi connectivity index (χ4v) is 1.20. The van der Waals surface area contributed by atoms with Crippen LogP contribution in [0.4, 0.5) is 0 Å². The fraction of sp³-hybridized carbons (Fsp3) is 0.182. The summed E-state index contributed by atoms with van der Waals surface area (Å²) in [5, 5.41) is 8.87. The van der Waals surface area contributed by atoms with E-state index in [1.54, 1.807) is 0 Å². The van der Waals surface area contributed by atoms with Gasteiger partial charge in [-0.3, -0.25) is 0 Å².